The van der Waals surface area contributed by atoms with Crippen molar-refractivity contribution < 1.29 is 9.47 Å². The molecule has 0 amide bonds. The summed E-state index contributed by atoms with van der Waals surface area (Å²) in [5.74, 6) is 0.792. The van der Waals surface area contributed by atoms with Gasteiger partial charge in [0.05, 0.1) is 17.0 Å². The number of halogens is 2. The summed E-state index contributed by atoms with van der Waals surface area (Å²) in [5.41, 5.74) is 1.69. The molecule has 5 rings (SSSR count). The van der Waals surface area contributed by atoms with Gasteiger partial charge in [-0.05, 0) is 53.0 Å². The Morgan fingerprint density at radius 1 is 1.18 bits per heavy atom. The number of hydrogen-bond acceptors (Lipinski definition) is 5. The molecule has 1 saturated heterocycles. The zero-order chi connectivity index (χ0) is 19.1. The Bertz CT molecular complexity index is 1170. The number of hydrogen-bond donors (Lipinski definition) is 0. The van der Waals surface area contributed by atoms with E-state index in [1.807, 2.05) is 41.1 Å². The first-order chi connectivity index (χ1) is 13.7. The van der Waals surface area contributed by atoms with Crippen molar-refractivity contribution in [3.8, 4) is 5.75 Å². The number of ether oxygens (including phenoxy) is 2. The minimum atomic E-state index is -0.0762. The highest BCUT2D eigenvalue weighted by molar-refractivity contribution is 9.10. The second-order valence-electron chi connectivity index (χ2n) is 6.73. The lowest BCUT2D eigenvalue weighted by atomic mass is 10.2. The molecule has 0 N–H and O–H groups in total. The van der Waals surface area contributed by atoms with Crippen LogP contribution in [0.5, 0.6) is 5.75 Å². The van der Waals surface area contributed by atoms with E-state index in [2.05, 4.69) is 30.9 Å². The zero-order valence-corrected chi connectivity index (χ0v) is 17.1. The summed E-state index contributed by atoms with van der Waals surface area (Å²) >= 11 is 9.58. The van der Waals surface area contributed by atoms with Crippen molar-refractivity contribution >= 4 is 49.5 Å². The van der Waals surface area contributed by atoms with Crippen molar-refractivity contribution in [1.29, 1.82) is 0 Å². The van der Waals surface area contributed by atoms with Crippen LogP contribution in [-0.4, -0.2) is 32.2 Å². The number of pyridine rings is 1. The van der Waals surface area contributed by atoms with Crippen molar-refractivity contribution in [2.45, 2.75) is 25.2 Å². The Morgan fingerprint density at radius 2 is 2.11 bits per heavy atom. The summed E-state index contributed by atoms with van der Waals surface area (Å²) in [7, 11) is 0. The molecule has 6 nitrogen and oxygen atoms in total. The maximum atomic E-state index is 6.19. The zero-order valence-electron chi connectivity index (χ0n) is 14.8. The molecule has 1 fully saturated rings. The lowest BCUT2D eigenvalue weighted by molar-refractivity contribution is -0.0156. The fraction of sp³-hybridized carbons (Fsp3) is 0.250. The van der Waals surface area contributed by atoms with E-state index in [4.69, 9.17) is 21.1 Å². The summed E-state index contributed by atoms with van der Waals surface area (Å²) < 4.78 is 15.1. The first-order valence-corrected chi connectivity index (χ1v) is 10.1. The summed E-state index contributed by atoms with van der Waals surface area (Å²) in [5, 5.41) is 2.36. The van der Waals surface area contributed by atoms with Gasteiger partial charge in [-0.1, -0.05) is 11.6 Å². The second kappa shape index (κ2) is 7.31. The van der Waals surface area contributed by atoms with Crippen LogP contribution in [0.4, 0.5) is 0 Å². The third-order valence-electron chi connectivity index (χ3n) is 4.91. The molecule has 0 saturated carbocycles. The highest BCUT2D eigenvalue weighted by Gasteiger charge is 2.28. The van der Waals surface area contributed by atoms with Crippen molar-refractivity contribution in [2.75, 3.05) is 6.61 Å². The fourth-order valence-electron chi connectivity index (χ4n) is 3.54. The lowest BCUT2D eigenvalue weighted by Crippen LogP contribution is -2.18. The quantitative estimate of drug-likeness (QED) is 0.395. The molecule has 8 heteroatoms. The SMILES string of the molecule is Clc1ncnc2c1ccn2[C@H]1CC[C@@H](COc2ccc3cc(Br)cnc3c2)O1. The molecule has 1 aliphatic heterocycles. The Labute approximate surface area is 174 Å². The van der Waals surface area contributed by atoms with E-state index >= 15 is 0 Å². The van der Waals surface area contributed by atoms with Crippen molar-refractivity contribution in [1.82, 2.24) is 19.5 Å². The van der Waals surface area contributed by atoms with E-state index < -0.39 is 0 Å². The van der Waals surface area contributed by atoms with Gasteiger partial charge in [0.15, 0.2) is 0 Å². The van der Waals surface area contributed by atoms with Crippen LogP contribution in [0.15, 0.2) is 53.5 Å². The van der Waals surface area contributed by atoms with Gasteiger partial charge in [-0.3, -0.25) is 4.98 Å². The minimum absolute atomic E-state index is 0.0216. The molecule has 1 aromatic carbocycles. The number of nitrogens with zero attached hydrogens (tertiary/aromatic N) is 4. The van der Waals surface area contributed by atoms with Crippen LogP contribution in [0.1, 0.15) is 19.1 Å². The van der Waals surface area contributed by atoms with E-state index in [-0.39, 0.29) is 12.3 Å². The van der Waals surface area contributed by atoms with Crippen molar-refractivity contribution in [2.24, 2.45) is 0 Å². The fourth-order valence-corrected chi connectivity index (χ4v) is 4.08. The number of benzene rings is 1. The van der Waals surface area contributed by atoms with Gasteiger partial charge in [0.1, 0.15) is 35.7 Å². The third-order valence-corrected chi connectivity index (χ3v) is 5.65. The molecule has 0 unspecified atom stereocenters. The predicted molar refractivity (Wildman–Crippen MR) is 111 cm³/mol. The van der Waals surface area contributed by atoms with Crippen LogP contribution in [0, 0.1) is 0 Å². The van der Waals surface area contributed by atoms with E-state index in [1.54, 1.807) is 6.20 Å². The van der Waals surface area contributed by atoms with Crippen LogP contribution in [0.3, 0.4) is 0 Å². The molecule has 0 spiro atoms. The number of rotatable bonds is 4. The van der Waals surface area contributed by atoms with Crippen LogP contribution < -0.4 is 4.74 Å². The average Bonchev–Trinajstić information content (AvgIpc) is 3.33. The molecule has 0 aliphatic carbocycles. The van der Waals surface area contributed by atoms with Gasteiger partial charge < -0.3 is 14.0 Å². The molecule has 1 aliphatic rings. The molecule has 3 aromatic heterocycles. The molecular weight excluding hydrogens is 444 g/mol. The van der Waals surface area contributed by atoms with Gasteiger partial charge in [0.25, 0.3) is 0 Å². The topological polar surface area (TPSA) is 62.1 Å². The smallest absolute Gasteiger partial charge is 0.146 e. The van der Waals surface area contributed by atoms with Crippen molar-refractivity contribution in [3.63, 3.8) is 0 Å². The van der Waals surface area contributed by atoms with Gasteiger partial charge in [-0.25, -0.2) is 9.97 Å². The molecule has 142 valence electrons. The lowest BCUT2D eigenvalue weighted by Gasteiger charge is -2.16. The Balaban J connectivity index is 1.26. The monoisotopic (exact) mass is 458 g/mol. The second-order valence-corrected chi connectivity index (χ2v) is 8.01. The Morgan fingerprint density at radius 3 is 3.04 bits per heavy atom. The first kappa shape index (κ1) is 17.8. The van der Waals surface area contributed by atoms with E-state index in [1.165, 1.54) is 6.33 Å². The largest absolute Gasteiger partial charge is 0.491 e. The van der Waals surface area contributed by atoms with Crippen LogP contribution >= 0.6 is 27.5 Å². The van der Waals surface area contributed by atoms with Gasteiger partial charge in [-0.2, -0.15) is 0 Å². The third kappa shape index (κ3) is 3.34. The van der Waals surface area contributed by atoms with Crippen LogP contribution in [0.25, 0.3) is 21.9 Å². The minimum Gasteiger partial charge on any atom is -0.491 e. The maximum Gasteiger partial charge on any atom is 0.146 e. The van der Waals surface area contributed by atoms with Crippen LogP contribution in [0.2, 0.25) is 5.15 Å². The molecule has 4 heterocycles. The highest BCUT2D eigenvalue weighted by atomic mass is 79.9. The van der Waals surface area contributed by atoms with E-state index in [0.29, 0.717) is 11.8 Å². The van der Waals surface area contributed by atoms with E-state index in [9.17, 15) is 0 Å². The van der Waals surface area contributed by atoms with Crippen LogP contribution in [-0.2, 0) is 4.74 Å². The average molecular weight is 460 g/mol. The summed E-state index contributed by atoms with van der Waals surface area (Å²) in [6, 6.07) is 9.88. The normalized spacial score (nSPS) is 19.5. The van der Waals surface area contributed by atoms with E-state index in [0.717, 1.165) is 45.0 Å². The summed E-state index contributed by atoms with van der Waals surface area (Å²) in [6.45, 7) is 0.494. The molecule has 0 radical (unpaired) electrons. The van der Waals surface area contributed by atoms with Gasteiger partial charge in [0.2, 0.25) is 0 Å². The molecule has 28 heavy (non-hydrogen) atoms. The summed E-state index contributed by atoms with van der Waals surface area (Å²) in [6.07, 6.45) is 6.97. The number of fused-ring (bicyclic) bond motifs is 2. The molecular formula is C20H16BrClN4O2. The molecule has 2 atom stereocenters. The first-order valence-electron chi connectivity index (χ1n) is 8.98. The predicted octanol–water partition coefficient (Wildman–Crippen LogP) is 5.15. The Kier molecular flexibility index (Phi) is 4.66. The molecule has 4 aromatic rings. The maximum absolute atomic E-state index is 6.19. The highest BCUT2D eigenvalue weighted by Crippen LogP contribution is 2.32. The standard InChI is InChI=1S/C20H16BrClN4O2/c21-13-7-12-1-2-14(8-17(12)23-9-13)27-10-15-3-4-18(28-15)26-6-5-16-19(22)24-11-25-20(16)26/h1-2,5-9,11,15,18H,3-4,10H2/t15-,18+/m0/s1. The van der Waals surface area contributed by atoms with Crippen molar-refractivity contribution in [3.05, 3.63) is 58.7 Å². The van der Waals surface area contributed by atoms with Gasteiger partial charge >= 0.3 is 0 Å². The van der Waals surface area contributed by atoms with Gasteiger partial charge in [0, 0.05) is 28.3 Å². The van der Waals surface area contributed by atoms with Gasteiger partial charge in [-0.15, -0.1) is 0 Å². The Hall–Kier alpha value is -2.22. The summed E-state index contributed by atoms with van der Waals surface area (Å²) in [4.78, 5) is 12.8. The molecule has 0 bridgehead atoms. The number of aromatic nitrogens is 4.